The van der Waals surface area contributed by atoms with E-state index in [0.29, 0.717) is 11.7 Å². The van der Waals surface area contributed by atoms with Crippen LogP contribution in [0, 0.1) is 5.92 Å². The average Bonchev–Trinajstić information content (AvgIpc) is 2.45. The summed E-state index contributed by atoms with van der Waals surface area (Å²) < 4.78 is 6.27. The second-order valence-corrected chi connectivity index (χ2v) is 7.14. The monoisotopic (exact) mass is 302 g/mol. The zero-order valence-corrected chi connectivity index (χ0v) is 13.7. The van der Waals surface area contributed by atoms with Gasteiger partial charge in [-0.2, -0.15) is 0 Å². The molecule has 120 valence electrons. The summed E-state index contributed by atoms with van der Waals surface area (Å²) in [5, 5.41) is 20.0. The van der Waals surface area contributed by atoms with Gasteiger partial charge in [-0.1, -0.05) is 19.4 Å². The van der Waals surface area contributed by atoms with Crippen LogP contribution in [0.25, 0.3) is 0 Å². The Hall–Kier alpha value is -1.48. The van der Waals surface area contributed by atoms with E-state index in [1.165, 1.54) is 0 Å². The molecule has 2 aliphatic rings. The Bertz CT molecular complexity index is 601. The summed E-state index contributed by atoms with van der Waals surface area (Å²) >= 11 is 0. The number of allylic oxidation sites excluding steroid dienone is 1. The third-order valence-electron chi connectivity index (χ3n) is 5.15. The third-order valence-corrected chi connectivity index (χ3v) is 5.15. The fourth-order valence-electron chi connectivity index (χ4n) is 4.05. The second kappa shape index (κ2) is 5.62. The summed E-state index contributed by atoms with van der Waals surface area (Å²) in [7, 11) is 0. The van der Waals surface area contributed by atoms with E-state index in [-0.39, 0.29) is 18.1 Å². The predicted octanol–water partition coefficient (Wildman–Crippen LogP) is 3.93. The van der Waals surface area contributed by atoms with Crippen LogP contribution in [0.4, 0.5) is 0 Å². The molecule has 3 nitrogen and oxygen atoms in total. The first-order chi connectivity index (χ1) is 10.5. The van der Waals surface area contributed by atoms with Gasteiger partial charge in [0.05, 0.1) is 6.61 Å². The Morgan fingerprint density at radius 2 is 2.09 bits per heavy atom. The van der Waals surface area contributed by atoms with Crippen molar-refractivity contribution in [1.29, 1.82) is 0 Å². The summed E-state index contributed by atoms with van der Waals surface area (Å²) in [4.78, 5) is 0. The predicted molar refractivity (Wildman–Crippen MR) is 87.4 cm³/mol. The lowest BCUT2D eigenvalue weighted by Crippen LogP contribution is -2.45. The maximum absolute atomic E-state index is 10.6. The van der Waals surface area contributed by atoms with Gasteiger partial charge in [0, 0.05) is 17.4 Å². The van der Waals surface area contributed by atoms with E-state index >= 15 is 0 Å². The van der Waals surface area contributed by atoms with Crippen molar-refractivity contribution in [2.45, 2.75) is 58.0 Å². The molecule has 1 aliphatic carbocycles. The van der Waals surface area contributed by atoms with Crippen LogP contribution in [0.3, 0.4) is 0 Å². The van der Waals surface area contributed by atoms with Crippen molar-refractivity contribution in [1.82, 2.24) is 0 Å². The molecule has 3 heteroatoms. The van der Waals surface area contributed by atoms with E-state index in [2.05, 4.69) is 32.9 Å². The maximum atomic E-state index is 10.6. The van der Waals surface area contributed by atoms with Crippen molar-refractivity contribution in [2.75, 3.05) is 6.61 Å². The van der Waals surface area contributed by atoms with Gasteiger partial charge in [-0.25, -0.2) is 0 Å². The summed E-state index contributed by atoms with van der Waals surface area (Å²) in [6.45, 7) is 6.51. The highest BCUT2D eigenvalue weighted by Gasteiger charge is 2.45. The highest BCUT2D eigenvalue weighted by Crippen LogP contribution is 2.53. The average molecular weight is 302 g/mol. The van der Waals surface area contributed by atoms with Gasteiger partial charge in [0.25, 0.3) is 0 Å². The highest BCUT2D eigenvalue weighted by atomic mass is 16.5. The maximum Gasteiger partial charge on any atom is 0.127 e. The fraction of sp³-hybridized carbons (Fsp3) is 0.579. The molecule has 2 N–H and O–H groups in total. The zero-order chi connectivity index (χ0) is 15.9. The Morgan fingerprint density at radius 1 is 1.32 bits per heavy atom. The van der Waals surface area contributed by atoms with Gasteiger partial charge in [0.1, 0.15) is 17.1 Å². The molecule has 0 bridgehead atoms. The number of aliphatic hydroxyl groups excluding tert-OH is 1. The molecular weight excluding hydrogens is 276 g/mol. The molecule has 0 amide bonds. The van der Waals surface area contributed by atoms with Crippen LogP contribution >= 0.6 is 0 Å². The first-order valence-corrected chi connectivity index (χ1v) is 8.31. The van der Waals surface area contributed by atoms with Crippen molar-refractivity contribution in [3.8, 4) is 11.5 Å². The number of hydrogen-bond acceptors (Lipinski definition) is 3. The minimum atomic E-state index is -0.258. The molecule has 0 aromatic heterocycles. The number of ether oxygens (including phenoxy) is 1. The smallest absolute Gasteiger partial charge is 0.127 e. The molecule has 0 saturated heterocycles. The van der Waals surface area contributed by atoms with E-state index < -0.39 is 0 Å². The van der Waals surface area contributed by atoms with Gasteiger partial charge < -0.3 is 14.9 Å². The summed E-state index contributed by atoms with van der Waals surface area (Å²) in [6.07, 6.45) is 6.03. The van der Waals surface area contributed by atoms with E-state index in [9.17, 15) is 10.2 Å². The van der Waals surface area contributed by atoms with E-state index in [0.717, 1.165) is 48.1 Å². The number of hydrogen-bond donors (Lipinski definition) is 2. The first kappa shape index (κ1) is 15.4. The van der Waals surface area contributed by atoms with Crippen LogP contribution < -0.4 is 4.74 Å². The van der Waals surface area contributed by atoms with Gasteiger partial charge in [-0.05, 0) is 56.4 Å². The van der Waals surface area contributed by atoms with E-state index in [1.807, 2.05) is 6.07 Å². The number of fused-ring (bicyclic) bond motifs is 3. The van der Waals surface area contributed by atoms with E-state index in [1.54, 1.807) is 0 Å². The Balaban J connectivity index is 2.12. The zero-order valence-electron chi connectivity index (χ0n) is 13.7. The van der Waals surface area contributed by atoms with Crippen molar-refractivity contribution >= 4 is 0 Å². The topological polar surface area (TPSA) is 49.7 Å². The van der Waals surface area contributed by atoms with Crippen LogP contribution in [-0.2, 0) is 6.42 Å². The van der Waals surface area contributed by atoms with Crippen LogP contribution in [0.15, 0.2) is 23.8 Å². The molecule has 0 spiro atoms. The molecule has 2 unspecified atom stereocenters. The van der Waals surface area contributed by atoms with Gasteiger partial charge in [0.2, 0.25) is 0 Å². The number of aryl methyl sites for hydroxylation is 1. The van der Waals surface area contributed by atoms with Crippen LogP contribution in [0.5, 0.6) is 11.5 Å². The molecule has 1 aromatic rings. The number of rotatable bonds is 3. The van der Waals surface area contributed by atoms with Crippen molar-refractivity contribution in [3.63, 3.8) is 0 Å². The number of phenols is 1. The Morgan fingerprint density at radius 3 is 2.77 bits per heavy atom. The summed E-state index contributed by atoms with van der Waals surface area (Å²) in [5.41, 5.74) is 2.83. The van der Waals surface area contributed by atoms with Crippen LogP contribution in [-0.4, -0.2) is 22.4 Å². The van der Waals surface area contributed by atoms with Crippen LogP contribution in [0.1, 0.15) is 57.1 Å². The second-order valence-electron chi connectivity index (χ2n) is 7.14. The van der Waals surface area contributed by atoms with Gasteiger partial charge in [-0.15, -0.1) is 0 Å². The number of benzene rings is 1. The summed E-state index contributed by atoms with van der Waals surface area (Å²) in [5.74, 6) is 1.61. The third kappa shape index (κ3) is 2.52. The SMILES string of the molecule is CCCc1cc(O)c2c(c1)OC(C)(C)C1CCC(CO)=CC21. The minimum absolute atomic E-state index is 0.106. The molecule has 0 fully saturated rings. The lowest BCUT2D eigenvalue weighted by atomic mass is 9.68. The molecule has 22 heavy (non-hydrogen) atoms. The van der Waals surface area contributed by atoms with Gasteiger partial charge in [0.15, 0.2) is 0 Å². The lowest BCUT2D eigenvalue weighted by Gasteiger charge is -2.46. The quantitative estimate of drug-likeness (QED) is 0.832. The van der Waals surface area contributed by atoms with Crippen molar-refractivity contribution < 1.29 is 14.9 Å². The number of aromatic hydroxyl groups is 1. The van der Waals surface area contributed by atoms with Crippen molar-refractivity contribution in [2.24, 2.45) is 5.92 Å². The molecular formula is C19H26O3. The van der Waals surface area contributed by atoms with Gasteiger partial charge in [-0.3, -0.25) is 0 Å². The highest BCUT2D eigenvalue weighted by molar-refractivity contribution is 5.54. The standard InChI is InChI=1S/C19H26O3/c1-4-5-12-9-16(21)18-14-8-13(11-20)6-7-15(14)19(2,3)22-17(18)10-12/h8-10,14-15,20-21H,4-7,11H2,1-3H3. The fourth-order valence-corrected chi connectivity index (χ4v) is 4.05. The van der Waals surface area contributed by atoms with Gasteiger partial charge >= 0.3 is 0 Å². The first-order valence-electron chi connectivity index (χ1n) is 8.31. The molecule has 0 radical (unpaired) electrons. The molecule has 1 heterocycles. The molecule has 1 aromatic carbocycles. The molecule has 0 saturated carbocycles. The lowest BCUT2D eigenvalue weighted by molar-refractivity contribution is 0.0100. The normalized spacial score (nSPS) is 25.7. The van der Waals surface area contributed by atoms with E-state index in [4.69, 9.17) is 4.74 Å². The van der Waals surface area contributed by atoms with Crippen LogP contribution in [0.2, 0.25) is 0 Å². The Labute approximate surface area is 132 Å². The molecule has 1 aliphatic heterocycles. The van der Waals surface area contributed by atoms with Crippen molar-refractivity contribution in [3.05, 3.63) is 34.9 Å². The number of phenolic OH excluding ortho intramolecular Hbond substituents is 1. The Kier molecular flexibility index (Phi) is 3.94. The molecule has 3 rings (SSSR count). The largest absolute Gasteiger partial charge is 0.507 e. The minimum Gasteiger partial charge on any atom is -0.507 e. The summed E-state index contributed by atoms with van der Waals surface area (Å²) in [6, 6.07) is 3.96. The molecule has 2 atom stereocenters. The number of aliphatic hydroxyl groups is 1.